The Morgan fingerprint density at radius 1 is 1.20 bits per heavy atom. The van der Waals surface area contributed by atoms with Gasteiger partial charge in [-0.3, -0.25) is 4.79 Å². The Hall–Kier alpha value is -1.02. The largest absolute Gasteiger partial charge is 0.481 e. The number of benzene rings is 1. The predicted octanol–water partition coefficient (Wildman–Crippen LogP) is 3.65. The van der Waals surface area contributed by atoms with Crippen LogP contribution in [0.4, 0.5) is 0 Å². The molecule has 0 aliphatic rings. The first-order valence-electron chi connectivity index (χ1n) is 4.95. The lowest BCUT2D eigenvalue weighted by Crippen LogP contribution is -2.08. The monoisotopic (exact) mass is 226 g/mol. The van der Waals surface area contributed by atoms with Crippen LogP contribution in [0.15, 0.2) is 18.2 Å². The molecule has 3 heteroatoms. The Balaban J connectivity index is 3.14. The van der Waals surface area contributed by atoms with Crippen LogP contribution in [-0.2, 0) is 4.79 Å². The molecule has 1 N–H and O–H groups in total. The average Bonchev–Trinajstić information content (AvgIpc) is 2.15. The van der Waals surface area contributed by atoms with Crippen molar-refractivity contribution in [2.75, 3.05) is 0 Å². The second-order valence-electron chi connectivity index (χ2n) is 4.03. The number of halogens is 1. The summed E-state index contributed by atoms with van der Waals surface area (Å²) in [5, 5.41) is 9.51. The van der Waals surface area contributed by atoms with Gasteiger partial charge in [0, 0.05) is 5.02 Å². The van der Waals surface area contributed by atoms with Gasteiger partial charge in [-0.25, -0.2) is 0 Å². The maximum absolute atomic E-state index is 10.8. The van der Waals surface area contributed by atoms with Crippen LogP contribution in [0.5, 0.6) is 0 Å². The molecule has 0 aliphatic heterocycles. The summed E-state index contributed by atoms with van der Waals surface area (Å²) < 4.78 is 0. The highest BCUT2D eigenvalue weighted by Crippen LogP contribution is 2.26. The van der Waals surface area contributed by atoms with Gasteiger partial charge in [-0.05, 0) is 36.1 Å². The maximum Gasteiger partial charge on any atom is 0.310 e. The second kappa shape index (κ2) is 4.67. The molecule has 0 aromatic heterocycles. The minimum atomic E-state index is -0.827. The Morgan fingerprint density at radius 3 is 2.20 bits per heavy atom. The number of hydrogen-bond acceptors (Lipinski definition) is 1. The molecule has 2 nitrogen and oxygen atoms in total. The topological polar surface area (TPSA) is 37.3 Å². The Morgan fingerprint density at radius 2 is 1.73 bits per heavy atom. The Kier molecular flexibility index (Phi) is 3.75. The van der Waals surface area contributed by atoms with Crippen molar-refractivity contribution in [1.82, 2.24) is 0 Å². The summed E-state index contributed by atoms with van der Waals surface area (Å²) in [6.45, 7) is 5.78. The van der Waals surface area contributed by atoms with Crippen LogP contribution < -0.4 is 0 Å². The van der Waals surface area contributed by atoms with Gasteiger partial charge >= 0.3 is 5.97 Å². The van der Waals surface area contributed by atoms with Crippen LogP contribution in [0.25, 0.3) is 0 Å². The van der Waals surface area contributed by atoms with Crippen molar-refractivity contribution in [3.8, 4) is 0 Å². The molecule has 1 rings (SSSR count). The van der Waals surface area contributed by atoms with E-state index in [9.17, 15) is 4.79 Å². The van der Waals surface area contributed by atoms with Crippen LogP contribution in [0.1, 0.15) is 43.7 Å². The van der Waals surface area contributed by atoms with Crippen molar-refractivity contribution in [1.29, 1.82) is 0 Å². The maximum atomic E-state index is 10.8. The predicted molar refractivity (Wildman–Crippen MR) is 61.6 cm³/mol. The highest BCUT2D eigenvalue weighted by atomic mass is 35.5. The lowest BCUT2D eigenvalue weighted by Gasteiger charge is -2.12. The molecule has 1 unspecified atom stereocenters. The van der Waals surface area contributed by atoms with Crippen LogP contribution in [-0.4, -0.2) is 11.1 Å². The molecule has 0 saturated heterocycles. The number of aliphatic carboxylic acids is 1. The van der Waals surface area contributed by atoms with E-state index in [-0.39, 0.29) is 0 Å². The third-order valence-electron chi connectivity index (χ3n) is 2.48. The molecule has 0 saturated carbocycles. The molecule has 15 heavy (non-hydrogen) atoms. The van der Waals surface area contributed by atoms with E-state index in [1.54, 1.807) is 13.0 Å². The van der Waals surface area contributed by atoms with Gasteiger partial charge in [0.05, 0.1) is 5.92 Å². The number of rotatable bonds is 3. The highest BCUT2D eigenvalue weighted by molar-refractivity contribution is 6.30. The molecule has 0 fully saturated rings. The number of hydrogen-bond donors (Lipinski definition) is 1. The van der Waals surface area contributed by atoms with E-state index >= 15 is 0 Å². The standard InChI is InChI=1S/C12H15ClO2/c1-7(2)9-4-10(6-11(13)5-9)8(3)12(14)15/h4-8H,1-3H3,(H,14,15). The zero-order valence-corrected chi connectivity index (χ0v) is 9.88. The van der Waals surface area contributed by atoms with Gasteiger partial charge in [0.15, 0.2) is 0 Å². The molecular weight excluding hydrogens is 212 g/mol. The number of carbonyl (C=O) groups is 1. The van der Waals surface area contributed by atoms with E-state index in [1.165, 1.54) is 0 Å². The summed E-state index contributed by atoms with van der Waals surface area (Å²) in [7, 11) is 0. The summed E-state index contributed by atoms with van der Waals surface area (Å²) in [5.74, 6) is -0.989. The number of carboxylic acid groups (broad SMARTS) is 1. The summed E-state index contributed by atoms with van der Waals surface area (Å²) in [4.78, 5) is 10.8. The molecule has 0 aliphatic carbocycles. The average molecular weight is 227 g/mol. The first-order valence-corrected chi connectivity index (χ1v) is 5.32. The third-order valence-corrected chi connectivity index (χ3v) is 2.70. The van der Waals surface area contributed by atoms with E-state index in [4.69, 9.17) is 16.7 Å². The summed E-state index contributed by atoms with van der Waals surface area (Å²) in [6, 6.07) is 5.51. The summed E-state index contributed by atoms with van der Waals surface area (Å²) in [6.07, 6.45) is 0. The van der Waals surface area contributed by atoms with Crippen molar-refractivity contribution in [3.63, 3.8) is 0 Å². The van der Waals surface area contributed by atoms with E-state index in [0.29, 0.717) is 10.9 Å². The third kappa shape index (κ3) is 2.96. The minimum absolute atomic E-state index is 0.350. The molecule has 0 radical (unpaired) electrons. The lowest BCUT2D eigenvalue weighted by atomic mass is 9.95. The molecule has 0 bridgehead atoms. The molecule has 0 amide bonds. The fourth-order valence-electron chi connectivity index (χ4n) is 1.36. The second-order valence-corrected chi connectivity index (χ2v) is 4.47. The van der Waals surface area contributed by atoms with E-state index in [2.05, 4.69) is 13.8 Å². The van der Waals surface area contributed by atoms with E-state index in [0.717, 1.165) is 11.1 Å². The highest BCUT2D eigenvalue weighted by Gasteiger charge is 2.15. The molecule has 0 spiro atoms. The van der Waals surface area contributed by atoms with Crippen LogP contribution >= 0.6 is 11.6 Å². The zero-order chi connectivity index (χ0) is 11.6. The SMILES string of the molecule is CC(C)c1cc(Cl)cc(C(C)C(=O)O)c1. The van der Waals surface area contributed by atoms with Crippen LogP contribution in [0.3, 0.4) is 0 Å². The minimum Gasteiger partial charge on any atom is -0.481 e. The van der Waals surface area contributed by atoms with Crippen LogP contribution in [0, 0.1) is 0 Å². The van der Waals surface area contributed by atoms with Gasteiger partial charge in [-0.2, -0.15) is 0 Å². The molecule has 1 aromatic rings. The van der Waals surface area contributed by atoms with Crippen molar-refractivity contribution in [2.24, 2.45) is 0 Å². The molecule has 82 valence electrons. The lowest BCUT2D eigenvalue weighted by molar-refractivity contribution is -0.138. The molecule has 0 heterocycles. The van der Waals surface area contributed by atoms with E-state index < -0.39 is 11.9 Å². The summed E-state index contributed by atoms with van der Waals surface area (Å²) in [5.41, 5.74) is 1.84. The van der Waals surface area contributed by atoms with Crippen molar-refractivity contribution < 1.29 is 9.90 Å². The first-order chi connectivity index (χ1) is 6.91. The zero-order valence-electron chi connectivity index (χ0n) is 9.12. The smallest absolute Gasteiger partial charge is 0.310 e. The molecule has 1 atom stereocenters. The van der Waals surface area contributed by atoms with Gasteiger partial charge in [0.25, 0.3) is 0 Å². The van der Waals surface area contributed by atoms with Gasteiger partial charge in [0.2, 0.25) is 0 Å². The van der Waals surface area contributed by atoms with Gasteiger partial charge in [0.1, 0.15) is 0 Å². The van der Waals surface area contributed by atoms with Crippen molar-refractivity contribution in [2.45, 2.75) is 32.6 Å². The van der Waals surface area contributed by atoms with E-state index in [1.807, 2.05) is 12.1 Å². The van der Waals surface area contributed by atoms with Crippen molar-refractivity contribution >= 4 is 17.6 Å². The fourth-order valence-corrected chi connectivity index (χ4v) is 1.61. The summed E-state index contributed by atoms with van der Waals surface area (Å²) >= 11 is 5.95. The fraction of sp³-hybridized carbons (Fsp3) is 0.417. The van der Waals surface area contributed by atoms with Crippen LogP contribution in [0.2, 0.25) is 5.02 Å². The van der Waals surface area contributed by atoms with Gasteiger partial charge in [-0.15, -0.1) is 0 Å². The number of carboxylic acids is 1. The molecular formula is C12H15ClO2. The Bertz CT molecular complexity index is 372. The normalized spacial score (nSPS) is 12.9. The van der Waals surface area contributed by atoms with Gasteiger partial charge in [-0.1, -0.05) is 31.5 Å². The quantitative estimate of drug-likeness (QED) is 0.854. The van der Waals surface area contributed by atoms with Gasteiger partial charge < -0.3 is 5.11 Å². The molecule has 1 aromatic carbocycles. The van der Waals surface area contributed by atoms with Crippen molar-refractivity contribution in [3.05, 3.63) is 34.3 Å². The first kappa shape index (κ1) is 12.1. The Labute approximate surface area is 94.9 Å².